The van der Waals surface area contributed by atoms with E-state index in [1.54, 1.807) is 19.1 Å². The fourth-order valence-corrected chi connectivity index (χ4v) is 2.23. The van der Waals surface area contributed by atoms with Crippen LogP contribution in [0, 0.1) is 13.8 Å². The van der Waals surface area contributed by atoms with Gasteiger partial charge in [-0.05, 0) is 19.4 Å². The van der Waals surface area contributed by atoms with Crippen LogP contribution >= 0.6 is 11.6 Å². The third kappa shape index (κ3) is 3.64. The number of ether oxygens (including phenoxy) is 1. The molecule has 0 N–H and O–H groups in total. The van der Waals surface area contributed by atoms with Gasteiger partial charge < -0.3 is 9.64 Å². The number of hydrogen-bond donors (Lipinski definition) is 0. The molecule has 0 saturated heterocycles. The van der Waals surface area contributed by atoms with Crippen molar-refractivity contribution in [3.05, 3.63) is 28.8 Å². The lowest BCUT2D eigenvalue weighted by Gasteiger charge is -2.20. The minimum Gasteiger partial charge on any atom is -0.496 e. The van der Waals surface area contributed by atoms with Crippen molar-refractivity contribution in [3.8, 4) is 5.75 Å². The minimum absolute atomic E-state index is 0.0474. The number of carbonyl (C=O) groups is 1. The zero-order valence-electron chi connectivity index (χ0n) is 11.4. The average molecular weight is 270 g/mol. The first-order chi connectivity index (χ1) is 8.49. The van der Waals surface area contributed by atoms with Gasteiger partial charge in [-0.1, -0.05) is 17.7 Å². The Morgan fingerprint density at radius 1 is 1.39 bits per heavy atom. The zero-order chi connectivity index (χ0) is 13.7. The van der Waals surface area contributed by atoms with Gasteiger partial charge in [0.25, 0.3) is 0 Å². The molecule has 0 fully saturated rings. The van der Waals surface area contributed by atoms with Gasteiger partial charge in [-0.25, -0.2) is 0 Å². The Balaban J connectivity index is 2.93. The molecule has 0 aromatic heterocycles. The second kappa shape index (κ2) is 6.64. The van der Waals surface area contributed by atoms with Crippen LogP contribution in [0.5, 0.6) is 5.75 Å². The highest BCUT2D eigenvalue weighted by molar-refractivity contribution is 6.18. The lowest BCUT2D eigenvalue weighted by Crippen LogP contribution is -2.26. The topological polar surface area (TPSA) is 29.5 Å². The van der Waals surface area contributed by atoms with Crippen LogP contribution in [0.25, 0.3) is 0 Å². The van der Waals surface area contributed by atoms with E-state index in [1.165, 1.54) is 5.56 Å². The SMILES string of the molecule is COc1c(C)cc(C)cc1CN(C)C(=O)CCCl. The third-order valence-electron chi connectivity index (χ3n) is 2.84. The normalized spacial score (nSPS) is 10.3. The minimum atomic E-state index is 0.0474. The molecule has 1 amide bonds. The van der Waals surface area contributed by atoms with Crippen LogP contribution in [0.4, 0.5) is 0 Å². The van der Waals surface area contributed by atoms with E-state index < -0.39 is 0 Å². The molecule has 0 aliphatic heterocycles. The number of benzene rings is 1. The molecular formula is C14H20ClNO2. The maximum Gasteiger partial charge on any atom is 0.223 e. The number of alkyl halides is 1. The number of aryl methyl sites for hydroxylation is 2. The summed E-state index contributed by atoms with van der Waals surface area (Å²) in [6.07, 6.45) is 0.366. The summed E-state index contributed by atoms with van der Waals surface area (Å²) in [4.78, 5) is 13.4. The van der Waals surface area contributed by atoms with Crippen molar-refractivity contribution in [1.29, 1.82) is 0 Å². The van der Waals surface area contributed by atoms with E-state index >= 15 is 0 Å². The van der Waals surface area contributed by atoms with E-state index in [1.807, 2.05) is 13.8 Å². The predicted molar refractivity (Wildman–Crippen MR) is 74.3 cm³/mol. The lowest BCUT2D eigenvalue weighted by molar-refractivity contribution is -0.130. The second-order valence-electron chi connectivity index (χ2n) is 4.46. The Hall–Kier alpha value is -1.22. The van der Waals surface area contributed by atoms with Crippen molar-refractivity contribution >= 4 is 17.5 Å². The summed E-state index contributed by atoms with van der Waals surface area (Å²) in [7, 11) is 3.44. The molecule has 100 valence electrons. The highest BCUT2D eigenvalue weighted by atomic mass is 35.5. The molecule has 0 radical (unpaired) electrons. The Kier molecular flexibility index (Phi) is 5.48. The Morgan fingerprint density at radius 3 is 2.61 bits per heavy atom. The van der Waals surface area contributed by atoms with E-state index in [0.29, 0.717) is 18.8 Å². The highest BCUT2D eigenvalue weighted by Gasteiger charge is 2.13. The van der Waals surface area contributed by atoms with E-state index in [-0.39, 0.29) is 5.91 Å². The van der Waals surface area contributed by atoms with E-state index in [9.17, 15) is 4.79 Å². The van der Waals surface area contributed by atoms with Crippen molar-refractivity contribution in [2.75, 3.05) is 20.0 Å². The molecule has 0 atom stereocenters. The highest BCUT2D eigenvalue weighted by Crippen LogP contribution is 2.26. The fraction of sp³-hybridized carbons (Fsp3) is 0.500. The van der Waals surface area contributed by atoms with Gasteiger partial charge in [-0.15, -0.1) is 11.6 Å². The molecule has 1 aromatic carbocycles. The summed E-state index contributed by atoms with van der Waals surface area (Å²) >= 11 is 5.58. The van der Waals surface area contributed by atoms with Gasteiger partial charge in [0.2, 0.25) is 5.91 Å². The number of carbonyl (C=O) groups excluding carboxylic acids is 1. The molecular weight excluding hydrogens is 250 g/mol. The van der Waals surface area contributed by atoms with Gasteiger partial charge in [-0.3, -0.25) is 4.79 Å². The van der Waals surface area contributed by atoms with Gasteiger partial charge >= 0.3 is 0 Å². The predicted octanol–water partition coefficient (Wildman–Crippen LogP) is 2.90. The van der Waals surface area contributed by atoms with Gasteiger partial charge in [0.1, 0.15) is 5.75 Å². The van der Waals surface area contributed by atoms with E-state index in [4.69, 9.17) is 16.3 Å². The third-order valence-corrected chi connectivity index (χ3v) is 3.03. The number of nitrogens with zero attached hydrogens (tertiary/aromatic N) is 1. The number of halogens is 1. The van der Waals surface area contributed by atoms with Crippen LogP contribution in [-0.4, -0.2) is 30.8 Å². The van der Waals surface area contributed by atoms with Gasteiger partial charge in [0.05, 0.1) is 7.11 Å². The lowest BCUT2D eigenvalue weighted by atomic mass is 10.0. The van der Waals surface area contributed by atoms with Gasteiger partial charge in [0, 0.05) is 31.5 Å². The average Bonchev–Trinajstić information content (AvgIpc) is 2.28. The maximum atomic E-state index is 11.7. The summed E-state index contributed by atoms with van der Waals surface area (Å²) in [5, 5.41) is 0. The standard InChI is InChI=1S/C14H20ClNO2/c1-10-7-11(2)14(18-4)12(8-10)9-16(3)13(17)5-6-15/h7-8H,5-6,9H2,1-4H3. The molecule has 0 heterocycles. The van der Waals surface area contributed by atoms with Crippen LogP contribution in [0.15, 0.2) is 12.1 Å². The van der Waals surface area contributed by atoms with Crippen molar-refractivity contribution < 1.29 is 9.53 Å². The summed E-state index contributed by atoms with van der Waals surface area (Å²) < 4.78 is 5.41. The summed E-state index contributed by atoms with van der Waals surface area (Å²) in [5.41, 5.74) is 3.28. The first-order valence-electron chi connectivity index (χ1n) is 5.93. The number of methoxy groups -OCH3 is 1. The first kappa shape index (κ1) is 14.8. The summed E-state index contributed by atoms with van der Waals surface area (Å²) in [6, 6.07) is 4.12. The van der Waals surface area contributed by atoms with Crippen LogP contribution < -0.4 is 4.74 Å². The summed E-state index contributed by atoms with van der Waals surface area (Å²) in [6.45, 7) is 4.59. The molecule has 0 aliphatic carbocycles. The van der Waals surface area contributed by atoms with Crippen LogP contribution in [-0.2, 0) is 11.3 Å². The van der Waals surface area contributed by atoms with Crippen molar-refractivity contribution in [2.24, 2.45) is 0 Å². The number of hydrogen-bond acceptors (Lipinski definition) is 2. The molecule has 0 saturated carbocycles. The molecule has 0 bridgehead atoms. The van der Waals surface area contributed by atoms with Crippen LogP contribution in [0.2, 0.25) is 0 Å². The van der Waals surface area contributed by atoms with E-state index in [2.05, 4.69) is 12.1 Å². The Labute approximate surface area is 114 Å². The number of rotatable bonds is 5. The quantitative estimate of drug-likeness (QED) is 0.770. The molecule has 0 spiro atoms. The molecule has 18 heavy (non-hydrogen) atoms. The smallest absolute Gasteiger partial charge is 0.223 e. The van der Waals surface area contributed by atoms with Crippen molar-refractivity contribution in [1.82, 2.24) is 4.90 Å². The monoisotopic (exact) mass is 269 g/mol. The van der Waals surface area contributed by atoms with Crippen LogP contribution in [0.3, 0.4) is 0 Å². The largest absolute Gasteiger partial charge is 0.496 e. The first-order valence-corrected chi connectivity index (χ1v) is 6.47. The molecule has 1 rings (SSSR count). The fourth-order valence-electron chi connectivity index (χ4n) is 2.07. The molecule has 1 aromatic rings. The van der Waals surface area contributed by atoms with Crippen molar-refractivity contribution in [3.63, 3.8) is 0 Å². The summed E-state index contributed by atoms with van der Waals surface area (Å²) in [5.74, 6) is 1.25. The molecule has 4 heteroatoms. The Bertz CT molecular complexity index is 432. The van der Waals surface area contributed by atoms with Gasteiger partial charge in [-0.2, -0.15) is 0 Å². The van der Waals surface area contributed by atoms with Gasteiger partial charge in [0.15, 0.2) is 0 Å². The van der Waals surface area contributed by atoms with Crippen molar-refractivity contribution in [2.45, 2.75) is 26.8 Å². The second-order valence-corrected chi connectivity index (χ2v) is 4.84. The Morgan fingerprint density at radius 2 is 2.06 bits per heavy atom. The molecule has 0 unspecified atom stereocenters. The molecule has 3 nitrogen and oxygen atoms in total. The number of amides is 1. The molecule has 0 aliphatic rings. The van der Waals surface area contributed by atoms with Crippen LogP contribution in [0.1, 0.15) is 23.1 Å². The van der Waals surface area contributed by atoms with E-state index in [0.717, 1.165) is 16.9 Å². The maximum absolute atomic E-state index is 11.7. The zero-order valence-corrected chi connectivity index (χ0v) is 12.2.